The normalized spacial score (nSPS) is 18.9. The van der Waals surface area contributed by atoms with E-state index in [1.54, 1.807) is 0 Å². The predicted octanol–water partition coefficient (Wildman–Crippen LogP) is 3.92. The van der Waals surface area contributed by atoms with Crippen molar-refractivity contribution < 1.29 is 9.59 Å². The lowest BCUT2D eigenvalue weighted by molar-refractivity contribution is -0.134. The number of hydrogen-bond acceptors (Lipinski definition) is 4. The van der Waals surface area contributed by atoms with Gasteiger partial charge in [0.05, 0.1) is 0 Å². The van der Waals surface area contributed by atoms with Gasteiger partial charge in [0.15, 0.2) is 0 Å². The van der Waals surface area contributed by atoms with Crippen molar-refractivity contribution in [3.05, 3.63) is 35.2 Å². The first-order valence-corrected chi connectivity index (χ1v) is 10.6. The first kappa shape index (κ1) is 21.3. The van der Waals surface area contributed by atoms with Gasteiger partial charge in [0.25, 0.3) is 5.91 Å². The Balaban J connectivity index is 1.85. The molecule has 3 amide bonds. The molecular formula is C23H34N4O2. The van der Waals surface area contributed by atoms with E-state index in [2.05, 4.69) is 35.9 Å². The van der Waals surface area contributed by atoms with Gasteiger partial charge in [0.1, 0.15) is 5.54 Å². The van der Waals surface area contributed by atoms with Gasteiger partial charge in [-0.2, -0.15) is 0 Å². The fourth-order valence-electron chi connectivity index (χ4n) is 4.45. The van der Waals surface area contributed by atoms with Crippen molar-refractivity contribution in [2.75, 3.05) is 31.1 Å². The van der Waals surface area contributed by atoms with Gasteiger partial charge in [-0.1, -0.05) is 25.5 Å². The second-order valence-corrected chi connectivity index (χ2v) is 9.11. The first-order chi connectivity index (χ1) is 13.6. The molecule has 0 bridgehead atoms. The molecule has 6 heteroatoms. The van der Waals surface area contributed by atoms with Crippen LogP contribution in [0, 0.1) is 19.8 Å². The third kappa shape index (κ3) is 4.16. The molecule has 158 valence electrons. The lowest BCUT2D eigenvalue weighted by Crippen LogP contribution is -2.57. The Hall–Kier alpha value is -2.37. The number of nitrogens with zero attached hydrogens (tertiary/aromatic N) is 4. The minimum absolute atomic E-state index is 0.0256. The number of pyridine rings is 1. The number of imide groups is 1. The van der Waals surface area contributed by atoms with Gasteiger partial charge < -0.3 is 9.80 Å². The van der Waals surface area contributed by atoms with Crippen LogP contribution >= 0.6 is 0 Å². The molecule has 0 unspecified atom stereocenters. The quantitative estimate of drug-likeness (QED) is 0.557. The molecule has 1 aromatic rings. The van der Waals surface area contributed by atoms with E-state index in [0.29, 0.717) is 31.8 Å². The molecule has 0 atom stereocenters. The van der Waals surface area contributed by atoms with E-state index in [-0.39, 0.29) is 11.9 Å². The standard InChI is InChI=1S/C23H34N4O2/c1-16(2)7-10-26-21(28)23(27(22(26)29)15-17(3)4)8-11-25(12-9-23)20-13-18(5)24-19(6)14-20/h7,13-14,17H,8-12,15H2,1-6H3. The molecule has 1 spiro atoms. The summed E-state index contributed by atoms with van der Waals surface area (Å²) in [5.74, 6) is 0.290. The van der Waals surface area contributed by atoms with E-state index < -0.39 is 5.54 Å². The number of urea groups is 1. The summed E-state index contributed by atoms with van der Waals surface area (Å²) in [6.45, 7) is 14.7. The van der Waals surface area contributed by atoms with Crippen LogP contribution < -0.4 is 4.90 Å². The number of anilines is 1. The van der Waals surface area contributed by atoms with Crippen molar-refractivity contribution in [1.29, 1.82) is 0 Å². The zero-order valence-electron chi connectivity index (χ0n) is 18.7. The van der Waals surface area contributed by atoms with Gasteiger partial charge in [-0.3, -0.25) is 14.7 Å². The molecule has 0 saturated carbocycles. The van der Waals surface area contributed by atoms with Crippen LogP contribution in [0.15, 0.2) is 23.8 Å². The maximum Gasteiger partial charge on any atom is 0.327 e. The summed E-state index contributed by atoms with van der Waals surface area (Å²) in [4.78, 5) is 36.7. The molecule has 0 N–H and O–H groups in total. The Morgan fingerprint density at radius 2 is 1.72 bits per heavy atom. The number of rotatable bonds is 5. The number of aryl methyl sites for hydroxylation is 2. The van der Waals surface area contributed by atoms with Crippen molar-refractivity contribution in [3.63, 3.8) is 0 Å². The highest BCUT2D eigenvalue weighted by atomic mass is 16.2. The van der Waals surface area contributed by atoms with Crippen molar-refractivity contribution in [2.24, 2.45) is 5.92 Å². The number of carbonyl (C=O) groups is 2. The summed E-state index contributed by atoms with van der Waals surface area (Å²) >= 11 is 0. The van der Waals surface area contributed by atoms with Crippen LogP contribution in [0.5, 0.6) is 0 Å². The fourth-order valence-corrected chi connectivity index (χ4v) is 4.45. The lowest BCUT2D eigenvalue weighted by atomic mass is 9.85. The molecule has 29 heavy (non-hydrogen) atoms. The van der Waals surface area contributed by atoms with Crippen LogP contribution in [0.3, 0.4) is 0 Å². The number of piperidine rings is 1. The number of amides is 3. The summed E-state index contributed by atoms with van der Waals surface area (Å²) in [6.07, 6.45) is 3.28. The molecule has 1 aromatic heterocycles. The topological polar surface area (TPSA) is 56.8 Å². The molecule has 2 fully saturated rings. The lowest BCUT2D eigenvalue weighted by Gasteiger charge is -2.43. The van der Waals surface area contributed by atoms with Crippen molar-refractivity contribution in [3.8, 4) is 0 Å². The summed E-state index contributed by atoms with van der Waals surface area (Å²) in [7, 11) is 0. The molecule has 2 aliphatic rings. The fraction of sp³-hybridized carbons (Fsp3) is 0.609. The minimum Gasteiger partial charge on any atom is -0.371 e. The van der Waals surface area contributed by atoms with E-state index in [0.717, 1.165) is 35.7 Å². The Labute approximate surface area is 174 Å². The van der Waals surface area contributed by atoms with Gasteiger partial charge in [0, 0.05) is 43.3 Å². The average Bonchev–Trinajstić information content (AvgIpc) is 2.81. The van der Waals surface area contributed by atoms with Gasteiger partial charge in [-0.15, -0.1) is 0 Å². The van der Waals surface area contributed by atoms with E-state index in [1.165, 1.54) is 4.90 Å². The zero-order valence-corrected chi connectivity index (χ0v) is 18.7. The van der Waals surface area contributed by atoms with E-state index in [9.17, 15) is 9.59 Å². The molecule has 2 aliphatic heterocycles. The van der Waals surface area contributed by atoms with Crippen LogP contribution in [0.4, 0.5) is 10.5 Å². The van der Waals surface area contributed by atoms with Crippen molar-refractivity contribution >= 4 is 17.6 Å². The first-order valence-electron chi connectivity index (χ1n) is 10.6. The number of hydrogen-bond donors (Lipinski definition) is 0. The molecular weight excluding hydrogens is 364 g/mol. The van der Waals surface area contributed by atoms with E-state index >= 15 is 0 Å². The van der Waals surface area contributed by atoms with E-state index in [1.807, 2.05) is 38.7 Å². The molecule has 3 heterocycles. The third-order valence-electron chi connectivity index (χ3n) is 5.87. The smallest absolute Gasteiger partial charge is 0.327 e. The number of aromatic nitrogens is 1. The largest absolute Gasteiger partial charge is 0.371 e. The molecule has 0 aromatic carbocycles. The Morgan fingerprint density at radius 3 is 2.24 bits per heavy atom. The highest BCUT2D eigenvalue weighted by Gasteiger charge is 2.57. The summed E-state index contributed by atoms with van der Waals surface area (Å²) in [5, 5.41) is 0. The predicted molar refractivity (Wildman–Crippen MR) is 116 cm³/mol. The van der Waals surface area contributed by atoms with Crippen LogP contribution in [0.25, 0.3) is 0 Å². The van der Waals surface area contributed by atoms with Crippen LogP contribution in [0.1, 0.15) is 51.9 Å². The zero-order chi connectivity index (χ0) is 21.3. The third-order valence-corrected chi connectivity index (χ3v) is 5.87. The summed E-state index contributed by atoms with van der Waals surface area (Å²) in [6, 6.07) is 4.06. The van der Waals surface area contributed by atoms with Crippen LogP contribution in [-0.4, -0.2) is 58.4 Å². The van der Waals surface area contributed by atoms with Crippen molar-refractivity contribution in [1.82, 2.24) is 14.8 Å². The molecule has 0 aliphatic carbocycles. The van der Waals surface area contributed by atoms with Gasteiger partial charge in [-0.05, 0) is 58.6 Å². The van der Waals surface area contributed by atoms with E-state index in [4.69, 9.17) is 0 Å². The maximum absolute atomic E-state index is 13.5. The monoisotopic (exact) mass is 398 g/mol. The van der Waals surface area contributed by atoms with Crippen LogP contribution in [-0.2, 0) is 4.79 Å². The summed E-state index contributed by atoms with van der Waals surface area (Å²) in [5.41, 5.74) is 3.56. The average molecular weight is 399 g/mol. The highest BCUT2D eigenvalue weighted by molar-refractivity contribution is 6.07. The maximum atomic E-state index is 13.5. The molecule has 2 saturated heterocycles. The molecule has 3 rings (SSSR count). The van der Waals surface area contributed by atoms with Gasteiger partial charge in [0.2, 0.25) is 0 Å². The van der Waals surface area contributed by atoms with Gasteiger partial charge in [-0.25, -0.2) is 4.79 Å². The Morgan fingerprint density at radius 1 is 1.14 bits per heavy atom. The Kier molecular flexibility index (Phi) is 6.01. The summed E-state index contributed by atoms with van der Waals surface area (Å²) < 4.78 is 0. The van der Waals surface area contributed by atoms with Crippen molar-refractivity contribution in [2.45, 2.75) is 59.9 Å². The van der Waals surface area contributed by atoms with Gasteiger partial charge >= 0.3 is 6.03 Å². The number of carbonyl (C=O) groups excluding carboxylic acids is 2. The Bertz CT molecular complexity index is 798. The highest BCUT2D eigenvalue weighted by Crippen LogP contribution is 2.39. The van der Waals surface area contributed by atoms with Crippen LogP contribution in [0.2, 0.25) is 0 Å². The minimum atomic E-state index is -0.704. The molecule has 0 radical (unpaired) electrons. The second-order valence-electron chi connectivity index (χ2n) is 9.11. The SMILES string of the molecule is CC(C)=CCN1C(=O)N(CC(C)C)C2(CCN(c3cc(C)nc(C)c3)CC2)C1=O. The molecule has 6 nitrogen and oxygen atoms in total. The number of allylic oxidation sites excluding steroid dienone is 1. The second kappa shape index (κ2) is 8.17.